The monoisotopic (exact) mass is 319 g/mol. The smallest absolute Gasteiger partial charge is 0.156 e. The number of rotatable bonds is 6. The first-order valence-electron chi connectivity index (χ1n) is 5.72. The number of hydrogen-bond acceptors (Lipinski definition) is 3. The van der Waals surface area contributed by atoms with E-state index < -0.39 is 0 Å². The molecular weight excluding hydrogens is 309 g/mol. The summed E-state index contributed by atoms with van der Waals surface area (Å²) in [4.78, 5) is 0. The largest absolute Gasteiger partial charge is 0.489 e. The van der Waals surface area contributed by atoms with Gasteiger partial charge in [0.05, 0.1) is 22.3 Å². The summed E-state index contributed by atoms with van der Waals surface area (Å²) < 4.78 is 7.26. The molecular formula is C12H12Cl3N3O. The number of benzene rings is 1. The average Bonchev–Trinajstić information content (AvgIpc) is 2.81. The van der Waals surface area contributed by atoms with Gasteiger partial charge in [0.25, 0.3) is 0 Å². The predicted octanol–water partition coefficient (Wildman–Crippen LogP) is 3.45. The van der Waals surface area contributed by atoms with E-state index in [0.29, 0.717) is 41.2 Å². The highest BCUT2D eigenvalue weighted by atomic mass is 35.5. The summed E-state index contributed by atoms with van der Waals surface area (Å²) in [5, 5.41) is 8.95. The van der Waals surface area contributed by atoms with E-state index in [9.17, 15) is 0 Å². The van der Waals surface area contributed by atoms with Crippen LogP contribution < -0.4 is 4.74 Å². The number of aryl methyl sites for hydroxylation is 1. The molecule has 0 saturated heterocycles. The Morgan fingerprint density at radius 1 is 1.21 bits per heavy atom. The van der Waals surface area contributed by atoms with Crippen LogP contribution in [0.15, 0.2) is 24.4 Å². The Hall–Kier alpha value is -0.970. The molecule has 0 radical (unpaired) electrons. The number of para-hydroxylation sites is 1. The molecule has 0 aliphatic rings. The molecule has 2 rings (SSSR count). The van der Waals surface area contributed by atoms with Gasteiger partial charge in [0.2, 0.25) is 0 Å². The lowest BCUT2D eigenvalue weighted by molar-refractivity contribution is 0.290. The van der Waals surface area contributed by atoms with Crippen molar-refractivity contribution in [1.82, 2.24) is 15.0 Å². The molecule has 0 unspecified atom stereocenters. The van der Waals surface area contributed by atoms with E-state index >= 15 is 0 Å². The summed E-state index contributed by atoms with van der Waals surface area (Å²) in [5.41, 5.74) is 0.866. The fourth-order valence-electron chi connectivity index (χ4n) is 1.52. The van der Waals surface area contributed by atoms with Crippen molar-refractivity contribution in [2.45, 2.75) is 13.0 Å². The Labute approximate surface area is 126 Å². The van der Waals surface area contributed by atoms with E-state index in [0.717, 1.165) is 5.69 Å². The SMILES string of the molecule is ClCCc1cn(CCOc2c(Cl)cccc2Cl)nn1. The Bertz CT molecular complexity index is 525. The number of halogens is 3. The van der Waals surface area contributed by atoms with Gasteiger partial charge < -0.3 is 4.74 Å². The molecule has 1 aromatic carbocycles. The van der Waals surface area contributed by atoms with E-state index in [-0.39, 0.29) is 0 Å². The molecule has 0 aliphatic heterocycles. The van der Waals surface area contributed by atoms with Crippen molar-refractivity contribution in [1.29, 1.82) is 0 Å². The molecule has 0 atom stereocenters. The van der Waals surface area contributed by atoms with Crippen LogP contribution in [0, 0.1) is 0 Å². The molecule has 2 aromatic rings. The first-order chi connectivity index (χ1) is 9.20. The van der Waals surface area contributed by atoms with Gasteiger partial charge in [-0.2, -0.15) is 0 Å². The maximum absolute atomic E-state index is 6.00. The van der Waals surface area contributed by atoms with Gasteiger partial charge in [0.1, 0.15) is 6.61 Å². The first-order valence-corrected chi connectivity index (χ1v) is 7.01. The van der Waals surface area contributed by atoms with Gasteiger partial charge in [-0.15, -0.1) is 16.7 Å². The third-order valence-electron chi connectivity index (χ3n) is 2.42. The fraction of sp³-hybridized carbons (Fsp3) is 0.333. The van der Waals surface area contributed by atoms with Crippen LogP contribution in [0.4, 0.5) is 0 Å². The van der Waals surface area contributed by atoms with Crippen LogP contribution in [0.25, 0.3) is 0 Å². The van der Waals surface area contributed by atoms with Gasteiger partial charge in [0.15, 0.2) is 5.75 Å². The van der Waals surface area contributed by atoms with E-state index in [4.69, 9.17) is 39.5 Å². The van der Waals surface area contributed by atoms with Gasteiger partial charge in [0, 0.05) is 18.5 Å². The molecule has 0 bridgehead atoms. The molecule has 0 aliphatic carbocycles. The summed E-state index contributed by atoms with van der Waals surface area (Å²) in [6.07, 6.45) is 2.55. The zero-order chi connectivity index (χ0) is 13.7. The second-order valence-electron chi connectivity index (χ2n) is 3.81. The molecule has 0 amide bonds. The van der Waals surface area contributed by atoms with Crippen molar-refractivity contribution < 1.29 is 4.74 Å². The van der Waals surface area contributed by atoms with Crippen molar-refractivity contribution in [2.24, 2.45) is 0 Å². The Morgan fingerprint density at radius 3 is 2.63 bits per heavy atom. The van der Waals surface area contributed by atoms with Crippen LogP contribution in [-0.4, -0.2) is 27.5 Å². The lowest BCUT2D eigenvalue weighted by Crippen LogP contribution is -2.09. The van der Waals surface area contributed by atoms with E-state index in [1.54, 1.807) is 22.9 Å². The standard InChI is InChI=1S/C12H12Cl3N3O/c13-5-4-9-8-18(17-16-9)6-7-19-12-10(14)2-1-3-11(12)15/h1-3,8H,4-7H2. The Balaban J connectivity index is 1.89. The normalized spacial score (nSPS) is 10.7. The molecule has 4 nitrogen and oxygen atoms in total. The molecule has 0 spiro atoms. The quantitative estimate of drug-likeness (QED) is 0.765. The minimum Gasteiger partial charge on any atom is -0.489 e. The van der Waals surface area contributed by atoms with E-state index in [2.05, 4.69) is 10.3 Å². The van der Waals surface area contributed by atoms with Gasteiger partial charge in [-0.05, 0) is 12.1 Å². The maximum atomic E-state index is 6.00. The van der Waals surface area contributed by atoms with E-state index in [1.165, 1.54) is 0 Å². The van der Waals surface area contributed by atoms with Crippen molar-refractivity contribution >= 4 is 34.8 Å². The maximum Gasteiger partial charge on any atom is 0.156 e. The van der Waals surface area contributed by atoms with Crippen molar-refractivity contribution in [3.8, 4) is 5.75 Å². The number of ether oxygens (including phenoxy) is 1. The van der Waals surface area contributed by atoms with Crippen molar-refractivity contribution in [3.05, 3.63) is 40.1 Å². The summed E-state index contributed by atoms with van der Waals surface area (Å²) in [7, 11) is 0. The van der Waals surface area contributed by atoms with Crippen LogP contribution in [0.5, 0.6) is 5.75 Å². The number of hydrogen-bond donors (Lipinski definition) is 0. The minimum atomic E-state index is 0.410. The lowest BCUT2D eigenvalue weighted by atomic mass is 10.3. The van der Waals surface area contributed by atoms with Crippen LogP contribution in [-0.2, 0) is 13.0 Å². The summed E-state index contributed by atoms with van der Waals surface area (Å²) >= 11 is 17.6. The second-order valence-corrected chi connectivity index (χ2v) is 5.00. The highest BCUT2D eigenvalue weighted by Gasteiger charge is 2.06. The van der Waals surface area contributed by atoms with Crippen LogP contribution in [0.1, 0.15) is 5.69 Å². The van der Waals surface area contributed by atoms with Gasteiger partial charge in [-0.3, -0.25) is 0 Å². The Kier molecular flexibility index (Phi) is 5.31. The third-order valence-corrected chi connectivity index (χ3v) is 3.21. The van der Waals surface area contributed by atoms with Gasteiger partial charge in [-0.1, -0.05) is 34.5 Å². The Morgan fingerprint density at radius 2 is 1.95 bits per heavy atom. The number of aromatic nitrogens is 3. The number of nitrogens with zero attached hydrogens (tertiary/aromatic N) is 3. The van der Waals surface area contributed by atoms with E-state index in [1.807, 2.05) is 6.20 Å². The molecule has 0 saturated carbocycles. The predicted molar refractivity (Wildman–Crippen MR) is 76.4 cm³/mol. The third kappa shape index (κ3) is 4.00. The molecule has 7 heteroatoms. The summed E-state index contributed by atoms with van der Waals surface area (Å²) in [6, 6.07) is 5.24. The zero-order valence-corrected chi connectivity index (χ0v) is 12.3. The topological polar surface area (TPSA) is 39.9 Å². The van der Waals surface area contributed by atoms with Gasteiger partial charge in [-0.25, -0.2) is 4.68 Å². The molecule has 0 fully saturated rings. The average molecular weight is 321 g/mol. The molecule has 102 valence electrons. The molecule has 0 N–H and O–H groups in total. The minimum absolute atomic E-state index is 0.410. The van der Waals surface area contributed by atoms with Crippen LogP contribution in [0.2, 0.25) is 10.0 Å². The summed E-state index contributed by atoms with van der Waals surface area (Å²) in [5.74, 6) is 1.02. The van der Waals surface area contributed by atoms with Gasteiger partial charge >= 0.3 is 0 Å². The highest BCUT2D eigenvalue weighted by molar-refractivity contribution is 6.37. The second kappa shape index (κ2) is 6.98. The molecule has 1 aromatic heterocycles. The molecule has 1 heterocycles. The van der Waals surface area contributed by atoms with Crippen molar-refractivity contribution in [2.75, 3.05) is 12.5 Å². The summed E-state index contributed by atoms with van der Waals surface area (Å²) in [6.45, 7) is 0.976. The highest BCUT2D eigenvalue weighted by Crippen LogP contribution is 2.32. The lowest BCUT2D eigenvalue weighted by Gasteiger charge is -2.09. The van der Waals surface area contributed by atoms with Crippen LogP contribution in [0.3, 0.4) is 0 Å². The van der Waals surface area contributed by atoms with Crippen molar-refractivity contribution in [3.63, 3.8) is 0 Å². The first kappa shape index (κ1) is 14.4. The number of alkyl halides is 1. The zero-order valence-electron chi connectivity index (χ0n) is 10.0. The molecule has 19 heavy (non-hydrogen) atoms. The van der Waals surface area contributed by atoms with Crippen LogP contribution >= 0.6 is 34.8 Å². The fourth-order valence-corrected chi connectivity index (χ4v) is 2.22.